The number of hydrogen-bond acceptors (Lipinski definition) is 5. The van der Waals surface area contributed by atoms with E-state index >= 15 is 0 Å². The van der Waals surface area contributed by atoms with Gasteiger partial charge in [0.25, 0.3) is 5.91 Å². The van der Waals surface area contributed by atoms with Crippen LogP contribution in [0, 0.1) is 0 Å². The summed E-state index contributed by atoms with van der Waals surface area (Å²) in [5.74, 6) is -1.45. The zero-order valence-electron chi connectivity index (χ0n) is 25.1. The molecular formula is C31H31F6N3O5. The number of alkyl halides is 6. The first-order valence-electron chi connectivity index (χ1n) is 13.4. The highest BCUT2D eigenvalue weighted by Gasteiger charge is 2.40. The summed E-state index contributed by atoms with van der Waals surface area (Å²) < 4.78 is 96.2. The highest BCUT2D eigenvalue weighted by molar-refractivity contribution is 6.12. The average molecular weight is 640 g/mol. The Balaban J connectivity index is 2.16. The summed E-state index contributed by atoms with van der Waals surface area (Å²) in [6.45, 7) is 9.29. The minimum absolute atomic E-state index is 0.176. The van der Waals surface area contributed by atoms with E-state index in [0.29, 0.717) is 17.0 Å². The van der Waals surface area contributed by atoms with Gasteiger partial charge in [-0.05, 0) is 90.1 Å². The van der Waals surface area contributed by atoms with Gasteiger partial charge in [0, 0.05) is 17.1 Å². The van der Waals surface area contributed by atoms with Gasteiger partial charge in [0.2, 0.25) is 0 Å². The van der Waals surface area contributed by atoms with E-state index in [-0.39, 0.29) is 17.1 Å². The van der Waals surface area contributed by atoms with E-state index in [9.17, 15) is 40.7 Å². The summed E-state index contributed by atoms with van der Waals surface area (Å²) in [5.41, 5.74) is -7.54. The molecule has 3 rings (SSSR count). The van der Waals surface area contributed by atoms with Gasteiger partial charge >= 0.3 is 24.5 Å². The van der Waals surface area contributed by atoms with Crippen molar-refractivity contribution in [2.75, 3.05) is 15.5 Å². The molecule has 242 valence electrons. The Bertz CT molecular complexity index is 1560. The molecule has 0 aliphatic heterocycles. The third-order valence-electron chi connectivity index (χ3n) is 5.61. The van der Waals surface area contributed by atoms with Gasteiger partial charge in [-0.15, -0.1) is 0 Å². The first kappa shape index (κ1) is 34.7. The molecule has 0 spiro atoms. The molecule has 3 aromatic rings. The van der Waals surface area contributed by atoms with E-state index in [1.165, 1.54) is 30.3 Å². The molecule has 0 atom stereocenters. The summed E-state index contributed by atoms with van der Waals surface area (Å²) in [7, 11) is 0. The maximum absolute atomic E-state index is 14.4. The predicted molar refractivity (Wildman–Crippen MR) is 156 cm³/mol. The number of benzene rings is 3. The monoisotopic (exact) mass is 639 g/mol. The van der Waals surface area contributed by atoms with E-state index in [1.54, 1.807) is 41.5 Å². The minimum Gasteiger partial charge on any atom is -0.444 e. The van der Waals surface area contributed by atoms with Crippen molar-refractivity contribution in [3.63, 3.8) is 0 Å². The van der Waals surface area contributed by atoms with Crippen molar-refractivity contribution in [3.05, 3.63) is 83.4 Å². The average Bonchev–Trinajstić information content (AvgIpc) is 2.86. The lowest BCUT2D eigenvalue weighted by atomic mass is 10.0. The van der Waals surface area contributed by atoms with Crippen LogP contribution in [-0.4, -0.2) is 29.3 Å². The number of carbonyl (C=O) groups is 3. The van der Waals surface area contributed by atoms with Crippen molar-refractivity contribution in [2.45, 2.75) is 65.1 Å². The highest BCUT2D eigenvalue weighted by atomic mass is 19.4. The molecule has 8 nitrogen and oxygen atoms in total. The fourth-order valence-electron chi connectivity index (χ4n) is 3.99. The number of halogens is 6. The summed E-state index contributed by atoms with van der Waals surface area (Å²) in [6.07, 6.45) is -12.4. The number of nitrogens with zero attached hydrogens (tertiary/aromatic N) is 1. The molecule has 0 aliphatic carbocycles. The Morgan fingerprint density at radius 3 is 1.51 bits per heavy atom. The van der Waals surface area contributed by atoms with Gasteiger partial charge < -0.3 is 9.47 Å². The van der Waals surface area contributed by atoms with Crippen molar-refractivity contribution in [2.24, 2.45) is 0 Å². The molecule has 14 heteroatoms. The second-order valence-corrected chi connectivity index (χ2v) is 11.7. The van der Waals surface area contributed by atoms with Crippen molar-refractivity contribution < 1.29 is 50.2 Å². The smallest absolute Gasteiger partial charge is 0.418 e. The lowest BCUT2D eigenvalue weighted by Gasteiger charge is -2.28. The van der Waals surface area contributed by atoms with E-state index in [1.807, 2.05) is 0 Å². The predicted octanol–water partition coefficient (Wildman–Crippen LogP) is 9.40. The lowest BCUT2D eigenvalue weighted by Crippen LogP contribution is -2.31. The quantitative estimate of drug-likeness (QED) is 0.271. The Morgan fingerprint density at radius 2 is 1.07 bits per heavy atom. The Kier molecular flexibility index (Phi) is 9.80. The summed E-state index contributed by atoms with van der Waals surface area (Å²) >= 11 is 0. The fourth-order valence-corrected chi connectivity index (χ4v) is 3.99. The first-order valence-corrected chi connectivity index (χ1v) is 13.4. The second kappa shape index (κ2) is 12.7. The van der Waals surface area contributed by atoms with Gasteiger partial charge in [0.1, 0.15) is 11.2 Å². The summed E-state index contributed by atoms with van der Waals surface area (Å²) in [5, 5.41) is 4.34. The van der Waals surface area contributed by atoms with Crippen LogP contribution in [0.4, 0.5) is 58.7 Å². The third-order valence-corrected chi connectivity index (χ3v) is 5.61. The molecule has 3 aromatic carbocycles. The number of carbonyl (C=O) groups excluding carboxylic acids is 3. The largest absolute Gasteiger partial charge is 0.444 e. The van der Waals surface area contributed by atoms with Crippen molar-refractivity contribution in [1.82, 2.24) is 0 Å². The Hall–Kier alpha value is -4.75. The molecule has 0 bridgehead atoms. The molecule has 0 saturated heterocycles. The highest BCUT2D eigenvalue weighted by Crippen LogP contribution is 2.43. The Morgan fingerprint density at radius 1 is 0.622 bits per heavy atom. The number of anilines is 4. The SMILES string of the molecule is CC(C)(C)OC(=O)Nc1ccc(C(=O)N(c2ccccc2)c2ccc(NC(=O)OC(C)(C)C)cc2C(F)(F)F)c(C(F)(F)F)c1. The molecular weight excluding hydrogens is 608 g/mol. The Labute approximate surface area is 255 Å². The molecule has 0 unspecified atom stereocenters. The summed E-state index contributed by atoms with van der Waals surface area (Å²) in [6, 6.07) is 11.4. The molecule has 0 aliphatic rings. The van der Waals surface area contributed by atoms with Crippen LogP contribution in [0.5, 0.6) is 0 Å². The molecule has 0 saturated carbocycles. The number of hydrogen-bond donors (Lipinski definition) is 2. The first-order chi connectivity index (χ1) is 20.5. The second-order valence-electron chi connectivity index (χ2n) is 11.7. The molecule has 0 heterocycles. The van der Waals surface area contributed by atoms with Crippen LogP contribution in [0.1, 0.15) is 63.0 Å². The fraction of sp³-hybridized carbons (Fsp3) is 0.323. The van der Waals surface area contributed by atoms with Gasteiger partial charge in [-0.2, -0.15) is 26.3 Å². The molecule has 3 amide bonds. The third kappa shape index (κ3) is 9.62. The van der Waals surface area contributed by atoms with Gasteiger partial charge in [-0.3, -0.25) is 20.3 Å². The normalized spacial score (nSPS) is 12.3. The zero-order chi connectivity index (χ0) is 34.0. The molecule has 0 radical (unpaired) electrons. The molecule has 45 heavy (non-hydrogen) atoms. The van der Waals surface area contributed by atoms with Crippen molar-refractivity contribution >= 4 is 40.8 Å². The molecule has 2 N–H and O–H groups in total. The van der Waals surface area contributed by atoms with Crippen molar-refractivity contribution in [1.29, 1.82) is 0 Å². The van der Waals surface area contributed by atoms with Gasteiger partial charge in [0.15, 0.2) is 0 Å². The topological polar surface area (TPSA) is 97.0 Å². The maximum atomic E-state index is 14.4. The van der Waals surface area contributed by atoms with E-state index in [4.69, 9.17) is 9.47 Å². The molecule has 0 aromatic heterocycles. The standard InChI is InChI=1S/C31H31F6N3O5/c1-28(2,3)44-26(42)38-18-12-14-21(22(16-18)30(32,33)34)25(41)40(20-10-8-7-9-11-20)24-15-13-19(17-23(24)31(35,36)37)39-27(43)45-29(4,5)6/h7-17H,1-6H3,(H,38,42)(H,39,43). The van der Waals surface area contributed by atoms with Gasteiger partial charge in [-0.25, -0.2) is 9.59 Å². The van der Waals surface area contributed by atoms with Crippen LogP contribution in [0.3, 0.4) is 0 Å². The van der Waals surface area contributed by atoms with Crippen LogP contribution >= 0.6 is 0 Å². The number of rotatable bonds is 5. The number of para-hydroxylation sites is 1. The van der Waals surface area contributed by atoms with E-state index in [2.05, 4.69) is 10.6 Å². The van der Waals surface area contributed by atoms with Crippen LogP contribution in [0.2, 0.25) is 0 Å². The van der Waals surface area contributed by atoms with Gasteiger partial charge in [0.05, 0.1) is 22.4 Å². The summed E-state index contributed by atoms with van der Waals surface area (Å²) in [4.78, 5) is 38.7. The molecule has 0 fully saturated rings. The lowest BCUT2D eigenvalue weighted by molar-refractivity contribution is -0.138. The number of nitrogens with one attached hydrogen (secondary N) is 2. The maximum Gasteiger partial charge on any atom is 0.418 e. The number of amides is 3. The van der Waals surface area contributed by atoms with Gasteiger partial charge in [-0.1, -0.05) is 18.2 Å². The number of ether oxygens (including phenoxy) is 2. The van der Waals surface area contributed by atoms with Crippen LogP contribution in [0.15, 0.2) is 66.7 Å². The zero-order valence-corrected chi connectivity index (χ0v) is 25.1. The van der Waals surface area contributed by atoms with E-state index in [0.717, 1.165) is 24.3 Å². The van der Waals surface area contributed by atoms with E-state index < -0.39 is 64.0 Å². The van der Waals surface area contributed by atoms with Crippen LogP contribution in [0.25, 0.3) is 0 Å². The minimum atomic E-state index is -5.16. The van der Waals surface area contributed by atoms with Crippen LogP contribution < -0.4 is 15.5 Å². The van der Waals surface area contributed by atoms with Crippen LogP contribution in [-0.2, 0) is 21.8 Å². The van der Waals surface area contributed by atoms with Crippen molar-refractivity contribution in [3.8, 4) is 0 Å².